The Bertz CT molecular complexity index is 1240. The molecule has 0 spiro atoms. The first-order valence-corrected chi connectivity index (χ1v) is 11.0. The van der Waals surface area contributed by atoms with Gasteiger partial charge in [0.25, 0.3) is 28.2 Å². The topological polar surface area (TPSA) is 52.7 Å². The predicted octanol–water partition coefficient (Wildman–Crippen LogP) is 1.08. The quantitative estimate of drug-likeness (QED) is 0.263. The average Bonchev–Trinajstić information content (AvgIpc) is 2.93. The second-order valence-electron chi connectivity index (χ2n) is 6.81. The zero-order valence-corrected chi connectivity index (χ0v) is 20.2. The molecule has 3 aromatic heterocycles. The van der Waals surface area contributed by atoms with E-state index in [-0.39, 0.29) is 6.99 Å². The SMILES string of the molecule is Cc1c2cnn(-c3ccccn3)c(=O)c2c(C)n1-c1cccc(C(C)(I)[IH+])c1. The highest BCUT2D eigenvalue weighted by Crippen LogP contribution is 2.29. The van der Waals surface area contributed by atoms with E-state index in [1.165, 1.54) is 10.2 Å². The Morgan fingerprint density at radius 2 is 1.89 bits per heavy atom. The summed E-state index contributed by atoms with van der Waals surface area (Å²) in [7, 11) is 0. The number of hydrogen-bond donors (Lipinski definition) is 0. The number of fused-ring (bicyclic) bond motifs is 1. The van der Waals surface area contributed by atoms with Gasteiger partial charge in [-0.1, -0.05) is 18.2 Å². The molecule has 0 saturated heterocycles. The number of aromatic nitrogens is 4. The van der Waals surface area contributed by atoms with Gasteiger partial charge < -0.3 is 4.57 Å². The van der Waals surface area contributed by atoms with Crippen LogP contribution in [-0.2, 0) is 1.43 Å². The molecule has 4 rings (SSSR count). The summed E-state index contributed by atoms with van der Waals surface area (Å²) in [4.78, 5) is 17.5. The molecule has 7 heteroatoms. The van der Waals surface area contributed by atoms with Crippen LogP contribution in [-0.4, -0.2) is 19.3 Å². The molecule has 0 aliphatic carbocycles. The van der Waals surface area contributed by atoms with Crippen LogP contribution in [0.5, 0.6) is 0 Å². The van der Waals surface area contributed by atoms with Crippen LogP contribution in [0, 0.1) is 13.8 Å². The molecule has 0 fully saturated rings. The van der Waals surface area contributed by atoms with Crippen LogP contribution >= 0.6 is 22.6 Å². The fourth-order valence-electron chi connectivity index (χ4n) is 3.51. The molecular formula is C21H19I2N4O+. The van der Waals surface area contributed by atoms with Crippen LogP contribution in [0.25, 0.3) is 22.3 Å². The number of hydrogen-bond acceptors (Lipinski definition) is 3. The summed E-state index contributed by atoms with van der Waals surface area (Å²) in [6, 6.07) is 13.9. The van der Waals surface area contributed by atoms with Crippen molar-refractivity contribution in [2.75, 3.05) is 0 Å². The van der Waals surface area contributed by atoms with Crippen LogP contribution in [0.4, 0.5) is 0 Å². The minimum atomic E-state index is -0.151. The van der Waals surface area contributed by atoms with E-state index in [0.717, 1.165) is 22.5 Å². The summed E-state index contributed by atoms with van der Waals surface area (Å²) in [6.45, 7) is 6.21. The number of nitrogens with zero attached hydrogens (tertiary/aromatic N) is 4. The minimum Gasteiger partial charge on any atom is -0.317 e. The number of pyridine rings is 1. The van der Waals surface area contributed by atoms with Crippen LogP contribution in [0.15, 0.2) is 59.7 Å². The van der Waals surface area contributed by atoms with Crippen molar-refractivity contribution in [3.63, 3.8) is 0 Å². The molecule has 0 saturated carbocycles. The number of aryl methyl sites for hydroxylation is 2. The van der Waals surface area contributed by atoms with Crippen LogP contribution in [0.2, 0.25) is 0 Å². The molecule has 4 aromatic rings. The maximum atomic E-state index is 13.2. The van der Waals surface area contributed by atoms with Gasteiger partial charge in [0.15, 0.2) is 5.82 Å². The smallest absolute Gasteiger partial charge is 0.282 e. The fourth-order valence-corrected chi connectivity index (χ4v) is 4.21. The van der Waals surface area contributed by atoms with Gasteiger partial charge in [0.2, 0.25) is 1.43 Å². The van der Waals surface area contributed by atoms with Gasteiger partial charge in [0, 0.05) is 34.2 Å². The monoisotopic (exact) mass is 597 g/mol. The molecule has 3 heterocycles. The van der Waals surface area contributed by atoms with E-state index in [4.69, 9.17) is 0 Å². The molecule has 0 amide bonds. The van der Waals surface area contributed by atoms with E-state index < -0.39 is 0 Å². The Labute approximate surface area is 190 Å². The zero-order chi connectivity index (χ0) is 20.1. The third kappa shape index (κ3) is 3.28. The molecule has 1 atom stereocenters. The van der Waals surface area contributed by atoms with Crippen molar-refractivity contribution >= 4 is 33.4 Å². The summed E-state index contributed by atoms with van der Waals surface area (Å²) in [5.41, 5.74) is 4.07. The van der Waals surface area contributed by atoms with Crippen LogP contribution < -0.4 is 28.2 Å². The normalized spacial score (nSPS) is 13.6. The zero-order valence-electron chi connectivity index (χ0n) is 15.7. The molecule has 142 valence electrons. The standard InChI is InChI=1S/C21H19I2N4O/c1-13-17-12-25-27(18-9-4-5-10-24-18)20(28)19(17)14(2)26(13)16-8-6-7-15(11-16)21(3,22)23/h4-12,22H,1-3H3/q+1. The second-order valence-corrected chi connectivity index (χ2v) is 13.6. The summed E-state index contributed by atoms with van der Waals surface area (Å²) in [5.74, 6) is 0.521. The Morgan fingerprint density at radius 3 is 2.57 bits per heavy atom. The number of benzene rings is 1. The van der Waals surface area contributed by atoms with Crippen LogP contribution in [0.1, 0.15) is 23.9 Å². The molecule has 1 aromatic carbocycles. The Balaban J connectivity index is 1.98. The molecule has 5 nitrogen and oxygen atoms in total. The first kappa shape index (κ1) is 19.6. The van der Waals surface area contributed by atoms with E-state index in [1.807, 2.05) is 26.0 Å². The van der Waals surface area contributed by atoms with Crippen molar-refractivity contribution < 1.29 is 22.6 Å². The molecule has 1 unspecified atom stereocenters. The van der Waals surface area contributed by atoms with E-state index in [2.05, 4.69) is 91.0 Å². The van der Waals surface area contributed by atoms with Gasteiger partial charge in [-0.25, -0.2) is 4.98 Å². The summed E-state index contributed by atoms with van der Waals surface area (Å²) in [6.07, 6.45) is 3.42. The predicted molar refractivity (Wildman–Crippen MR) is 117 cm³/mol. The Kier molecular flexibility index (Phi) is 5.07. The average molecular weight is 597 g/mol. The lowest BCUT2D eigenvalue weighted by molar-refractivity contribution is -0.431. The van der Waals surface area contributed by atoms with Crippen LogP contribution in [0.3, 0.4) is 0 Å². The van der Waals surface area contributed by atoms with Gasteiger partial charge in [0.05, 0.1) is 11.6 Å². The molecule has 0 bridgehead atoms. The maximum absolute atomic E-state index is 13.2. The molecular weight excluding hydrogens is 578 g/mol. The fraction of sp³-hybridized carbons (Fsp3) is 0.190. The van der Waals surface area contributed by atoms with Gasteiger partial charge >= 0.3 is 0 Å². The highest BCUT2D eigenvalue weighted by atomic mass is 127. The molecule has 0 radical (unpaired) electrons. The highest BCUT2D eigenvalue weighted by Gasteiger charge is 2.28. The van der Waals surface area contributed by atoms with Crippen molar-refractivity contribution in [2.24, 2.45) is 0 Å². The molecule has 28 heavy (non-hydrogen) atoms. The first-order valence-electron chi connectivity index (χ1n) is 8.80. The largest absolute Gasteiger partial charge is 0.317 e. The minimum absolute atomic E-state index is 0.0332. The summed E-state index contributed by atoms with van der Waals surface area (Å²) in [5, 5.41) is 5.92. The van der Waals surface area contributed by atoms with E-state index in [9.17, 15) is 4.79 Å². The third-order valence-corrected chi connectivity index (χ3v) is 6.18. The molecule has 0 aliphatic rings. The van der Waals surface area contributed by atoms with Gasteiger partial charge in [0.1, 0.15) is 0 Å². The maximum Gasteiger partial charge on any atom is 0.282 e. The Hall–Kier alpha value is -1.75. The van der Waals surface area contributed by atoms with Gasteiger partial charge in [-0.2, -0.15) is 9.78 Å². The van der Waals surface area contributed by atoms with E-state index in [0.29, 0.717) is 11.2 Å². The van der Waals surface area contributed by atoms with Gasteiger partial charge in [-0.15, -0.1) is 0 Å². The van der Waals surface area contributed by atoms with Gasteiger partial charge in [-0.3, -0.25) is 4.79 Å². The molecule has 0 aliphatic heterocycles. The van der Waals surface area contributed by atoms with E-state index in [1.54, 1.807) is 18.5 Å². The van der Waals surface area contributed by atoms with Crippen molar-refractivity contribution in [3.05, 3.63) is 82.2 Å². The summed E-state index contributed by atoms with van der Waals surface area (Å²) < 4.78 is 3.54. The van der Waals surface area contributed by atoms with E-state index >= 15 is 0 Å². The number of halogens is 2. The Morgan fingerprint density at radius 1 is 1.11 bits per heavy atom. The first-order chi connectivity index (χ1) is 13.3. The lowest BCUT2D eigenvalue weighted by atomic mass is 10.1. The lowest BCUT2D eigenvalue weighted by Gasteiger charge is -2.13. The lowest BCUT2D eigenvalue weighted by Crippen LogP contribution is -3.40. The van der Waals surface area contributed by atoms with Crippen molar-refractivity contribution in [1.82, 2.24) is 19.3 Å². The summed E-state index contributed by atoms with van der Waals surface area (Å²) >= 11 is 4.56. The second kappa shape index (κ2) is 7.25. The van der Waals surface area contributed by atoms with Crippen molar-refractivity contribution in [1.29, 1.82) is 0 Å². The van der Waals surface area contributed by atoms with Crippen molar-refractivity contribution in [3.8, 4) is 11.5 Å². The number of rotatable bonds is 3. The van der Waals surface area contributed by atoms with Gasteiger partial charge in [-0.05, 0) is 67.6 Å². The van der Waals surface area contributed by atoms with Crippen molar-refractivity contribution in [2.45, 2.75) is 22.2 Å². The third-order valence-electron chi connectivity index (χ3n) is 4.89. The highest BCUT2D eigenvalue weighted by molar-refractivity contribution is 14.1. The molecule has 0 N–H and O–H groups in total. The number of alkyl halides is 2.